The molecule has 1 aromatic heterocycles. The normalized spacial score (nSPS) is 17.7. The highest BCUT2D eigenvalue weighted by Gasteiger charge is 2.25. The number of aliphatic imine (C=N–C) groups is 2. The molecule has 0 bridgehead atoms. The molecule has 0 unspecified atom stereocenters. The summed E-state index contributed by atoms with van der Waals surface area (Å²) in [6.07, 6.45) is 6.41. The highest BCUT2D eigenvalue weighted by Crippen LogP contribution is 2.33. The molecule has 2 aromatic carbocycles. The molecule has 174 valence electrons. The topological polar surface area (TPSA) is 37.6 Å². The van der Waals surface area contributed by atoms with Crippen LogP contribution in [0.5, 0.6) is 0 Å². The van der Waals surface area contributed by atoms with Gasteiger partial charge < -0.3 is 0 Å². The first-order valence-electron chi connectivity index (χ1n) is 12.6. The molecule has 0 amide bonds. The van der Waals surface area contributed by atoms with E-state index in [4.69, 9.17) is 15.0 Å². The van der Waals surface area contributed by atoms with Crippen LogP contribution < -0.4 is 0 Å². The lowest BCUT2D eigenvalue weighted by atomic mass is 9.87. The molecule has 0 saturated heterocycles. The quantitative estimate of drug-likeness (QED) is 0.392. The lowest BCUT2D eigenvalue weighted by Crippen LogP contribution is -2.21. The molecule has 0 saturated carbocycles. The van der Waals surface area contributed by atoms with E-state index in [1.165, 1.54) is 44.5 Å². The summed E-state index contributed by atoms with van der Waals surface area (Å²) in [6, 6.07) is 11.3. The fourth-order valence-electron chi connectivity index (χ4n) is 5.80. The van der Waals surface area contributed by atoms with Gasteiger partial charge in [-0.2, -0.15) is 0 Å². The van der Waals surface area contributed by atoms with Gasteiger partial charge in [0.15, 0.2) is 0 Å². The Balaban J connectivity index is 1.63. The van der Waals surface area contributed by atoms with Crippen LogP contribution in [0.15, 0.2) is 40.3 Å². The van der Waals surface area contributed by atoms with Crippen molar-refractivity contribution >= 4 is 22.8 Å². The molecule has 0 radical (unpaired) electrons. The van der Waals surface area contributed by atoms with E-state index in [2.05, 4.69) is 71.9 Å². The second-order valence-corrected chi connectivity index (χ2v) is 10.3. The smallest absolute Gasteiger partial charge is 0.0884 e. The predicted octanol–water partition coefficient (Wildman–Crippen LogP) is 7.85. The van der Waals surface area contributed by atoms with Crippen LogP contribution in [-0.4, -0.2) is 16.4 Å². The molecule has 34 heavy (non-hydrogen) atoms. The van der Waals surface area contributed by atoms with Gasteiger partial charge in [-0.1, -0.05) is 41.5 Å². The number of benzene rings is 2. The maximum atomic E-state index is 5.30. The molecule has 3 heteroatoms. The SMILES string of the molecule is Cc1cc(C)c(N=C2CCCc3cc4c(nc32)C(=Nc2c(C)cc(C)cc2C)CCC4)c(C)c1. The molecule has 3 aromatic rings. The van der Waals surface area contributed by atoms with Crippen molar-refractivity contribution in [1.29, 1.82) is 0 Å². The summed E-state index contributed by atoms with van der Waals surface area (Å²) in [5.74, 6) is 0. The van der Waals surface area contributed by atoms with E-state index < -0.39 is 0 Å². The fourth-order valence-corrected chi connectivity index (χ4v) is 5.80. The highest BCUT2D eigenvalue weighted by molar-refractivity contribution is 6.06. The van der Waals surface area contributed by atoms with E-state index in [9.17, 15) is 0 Å². The van der Waals surface area contributed by atoms with Crippen LogP contribution in [0.25, 0.3) is 0 Å². The predicted molar refractivity (Wildman–Crippen MR) is 144 cm³/mol. The standard InChI is InChI=1S/C31H35N3/c1-18-13-20(3)28(21(4)14-18)32-26-11-7-9-24-17-25-10-8-12-27(31(25)34-30(24)26)33-29-22(5)15-19(2)16-23(29)6/h13-17H,7-12H2,1-6H3. The van der Waals surface area contributed by atoms with Crippen molar-refractivity contribution in [3.8, 4) is 0 Å². The van der Waals surface area contributed by atoms with Crippen molar-refractivity contribution in [2.75, 3.05) is 0 Å². The van der Waals surface area contributed by atoms with E-state index >= 15 is 0 Å². The monoisotopic (exact) mass is 449 g/mol. The van der Waals surface area contributed by atoms with Crippen LogP contribution in [0, 0.1) is 41.5 Å². The largest absolute Gasteiger partial charge is 0.251 e. The molecule has 3 nitrogen and oxygen atoms in total. The third-order valence-electron chi connectivity index (χ3n) is 7.21. The summed E-state index contributed by atoms with van der Waals surface area (Å²) in [4.78, 5) is 15.7. The van der Waals surface area contributed by atoms with E-state index in [0.717, 1.165) is 72.7 Å². The van der Waals surface area contributed by atoms with E-state index in [-0.39, 0.29) is 0 Å². The van der Waals surface area contributed by atoms with Gasteiger partial charge in [-0.15, -0.1) is 0 Å². The molecule has 5 rings (SSSR count). The Labute approximate surface area is 204 Å². The molecule has 0 N–H and O–H groups in total. The van der Waals surface area contributed by atoms with Crippen LogP contribution >= 0.6 is 0 Å². The zero-order valence-corrected chi connectivity index (χ0v) is 21.5. The summed E-state index contributed by atoms with van der Waals surface area (Å²) in [6.45, 7) is 13.0. The molecule has 0 spiro atoms. The van der Waals surface area contributed by atoms with Crippen molar-refractivity contribution in [3.63, 3.8) is 0 Å². The second kappa shape index (κ2) is 8.94. The van der Waals surface area contributed by atoms with Crippen LogP contribution in [0.4, 0.5) is 11.4 Å². The van der Waals surface area contributed by atoms with Crippen molar-refractivity contribution in [2.24, 2.45) is 9.98 Å². The average molecular weight is 450 g/mol. The van der Waals surface area contributed by atoms with E-state index in [1.54, 1.807) is 0 Å². The number of fused-ring (bicyclic) bond motifs is 2. The Hall–Kier alpha value is -3.07. The Bertz CT molecular complexity index is 1210. The van der Waals surface area contributed by atoms with Gasteiger partial charge in [0.2, 0.25) is 0 Å². The molecule has 2 aliphatic rings. The van der Waals surface area contributed by atoms with Crippen LogP contribution in [0.1, 0.15) is 81.6 Å². The fraction of sp³-hybridized carbons (Fsp3) is 0.387. The lowest BCUT2D eigenvalue weighted by Gasteiger charge is -2.24. The first kappa shape index (κ1) is 22.7. The van der Waals surface area contributed by atoms with Gasteiger partial charge >= 0.3 is 0 Å². The molecule has 0 aliphatic heterocycles. The Morgan fingerprint density at radius 3 is 1.29 bits per heavy atom. The average Bonchev–Trinajstić information content (AvgIpc) is 2.77. The zero-order chi connectivity index (χ0) is 24.0. The lowest BCUT2D eigenvalue weighted by molar-refractivity contribution is 0.791. The van der Waals surface area contributed by atoms with Crippen LogP contribution in [0.3, 0.4) is 0 Å². The van der Waals surface area contributed by atoms with Gasteiger partial charge in [-0.25, -0.2) is 4.98 Å². The second-order valence-electron chi connectivity index (χ2n) is 10.3. The van der Waals surface area contributed by atoms with Crippen molar-refractivity contribution in [1.82, 2.24) is 4.98 Å². The minimum Gasteiger partial charge on any atom is -0.251 e. The Morgan fingerprint density at radius 1 is 0.529 bits per heavy atom. The molecular formula is C31H35N3. The zero-order valence-electron chi connectivity index (χ0n) is 21.5. The van der Waals surface area contributed by atoms with Gasteiger partial charge in [-0.05, 0) is 113 Å². The van der Waals surface area contributed by atoms with Crippen molar-refractivity contribution in [3.05, 3.63) is 86.2 Å². The number of pyridine rings is 1. The maximum absolute atomic E-state index is 5.30. The highest BCUT2D eigenvalue weighted by atomic mass is 14.9. The summed E-state index contributed by atoms with van der Waals surface area (Å²) in [7, 11) is 0. The number of rotatable bonds is 2. The molecular weight excluding hydrogens is 414 g/mol. The van der Waals surface area contributed by atoms with Gasteiger partial charge in [0.1, 0.15) is 0 Å². The van der Waals surface area contributed by atoms with Crippen LogP contribution in [-0.2, 0) is 12.8 Å². The minimum atomic E-state index is 0.980. The molecule has 2 aliphatic carbocycles. The van der Waals surface area contributed by atoms with E-state index in [1.807, 2.05) is 0 Å². The van der Waals surface area contributed by atoms with Gasteiger partial charge in [-0.3, -0.25) is 9.98 Å². The summed E-state index contributed by atoms with van der Waals surface area (Å²) >= 11 is 0. The summed E-state index contributed by atoms with van der Waals surface area (Å²) < 4.78 is 0. The third-order valence-corrected chi connectivity index (χ3v) is 7.21. The van der Waals surface area contributed by atoms with Gasteiger partial charge in [0.05, 0.1) is 34.2 Å². The van der Waals surface area contributed by atoms with Gasteiger partial charge in [0.25, 0.3) is 0 Å². The van der Waals surface area contributed by atoms with Gasteiger partial charge in [0, 0.05) is 0 Å². The molecule has 1 heterocycles. The van der Waals surface area contributed by atoms with Crippen LogP contribution in [0.2, 0.25) is 0 Å². The number of hydrogen-bond donors (Lipinski definition) is 0. The van der Waals surface area contributed by atoms with E-state index in [0.29, 0.717) is 0 Å². The summed E-state index contributed by atoms with van der Waals surface area (Å²) in [5, 5.41) is 0. The first-order valence-corrected chi connectivity index (χ1v) is 12.6. The summed E-state index contributed by atoms with van der Waals surface area (Å²) in [5.41, 5.74) is 16.9. The number of aryl methyl sites for hydroxylation is 8. The minimum absolute atomic E-state index is 0.980. The van der Waals surface area contributed by atoms with Crippen molar-refractivity contribution < 1.29 is 0 Å². The first-order chi connectivity index (χ1) is 16.3. The third kappa shape index (κ3) is 4.24. The maximum Gasteiger partial charge on any atom is 0.0884 e. The Morgan fingerprint density at radius 2 is 0.912 bits per heavy atom. The molecule has 0 fully saturated rings. The Kier molecular flexibility index (Phi) is 5.97. The molecule has 0 atom stereocenters. The number of aromatic nitrogens is 1. The number of hydrogen-bond acceptors (Lipinski definition) is 3. The van der Waals surface area contributed by atoms with Crippen molar-refractivity contribution in [2.45, 2.75) is 80.1 Å². The number of nitrogens with zero attached hydrogens (tertiary/aromatic N) is 3.